The number of hydrogen-bond donors (Lipinski definition) is 0. The number of anilines is 6. The Labute approximate surface area is 413 Å². The van der Waals surface area contributed by atoms with Gasteiger partial charge in [-0.2, -0.15) is 0 Å². The molecule has 1 saturated carbocycles. The van der Waals surface area contributed by atoms with Crippen LogP contribution in [0, 0.1) is 0 Å². The van der Waals surface area contributed by atoms with Gasteiger partial charge in [-0.15, -0.1) is 0 Å². The van der Waals surface area contributed by atoms with Crippen molar-refractivity contribution in [2.24, 2.45) is 0 Å². The zero-order valence-corrected chi connectivity index (χ0v) is 44.3. The summed E-state index contributed by atoms with van der Waals surface area (Å²) in [6.07, 6.45) is 6.05. The van der Waals surface area contributed by atoms with E-state index in [1.807, 2.05) is 0 Å². The van der Waals surface area contributed by atoms with Crippen LogP contribution in [-0.2, 0) is 37.9 Å². The Bertz CT molecular complexity index is 3310. The highest BCUT2D eigenvalue weighted by Gasteiger charge is 2.54. The molecule has 0 radical (unpaired) electrons. The van der Waals surface area contributed by atoms with Crippen LogP contribution in [0.5, 0.6) is 0 Å². The third-order valence-electron chi connectivity index (χ3n) is 18.1. The van der Waals surface area contributed by atoms with Gasteiger partial charge in [0.1, 0.15) is 5.58 Å². The van der Waals surface area contributed by atoms with Gasteiger partial charge in [0.05, 0.1) is 17.0 Å². The molecule has 0 spiro atoms. The van der Waals surface area contributed by atoms with Crippen LogP contribution in [0.4, 0.5) is 34.1 Å². The Morgan fingerprint density at radius 2 is 1.07 bits per heavy atom. The molecule has 1 fully saturated rings. The van der Waals surface area contributed by atoms with Crippen molar-refractivity contribution >= 4 is 68.4 Å². The van der Waals surface area contributed by atoms with Gasteiger partial charge in [-0.1, -0.05) is 158 Å². The highest BCUT2D eigenvalue weighted by Crippen LogP contribution is 2.62. The Hall–Kier alpha value is -5.48. The summed E-state index contributed by atoms with van der Waals surface area (Å²) >= 11 is 0. The first-order valence-electron chi connectivity index (χ1n) is 26.2. The largest absolute Gasteiger partial charge is 0.468 e. The zero-order valence-electron chi connectivity index (χ0n) is 44.3. The maximum Gasteiger partial charge on any atom is 0.297 e. The highest BCUT2D eigenvalue weighted by molar-refractivity contribution is 7.00. The van der Waals surface area contributed by atoms with Gasteiger partial charge in [0.15, 0.2) is 0 Å². The lowest BCUT2D eigenvalue weighted by atomic mass is 9.35. The van der Waals surface area contributed by atoms with Crippen LogP contribution >= 0.6 is 0 Å². The van der Waals surface area contributed by atoms with Gasteiger partial charge in [-0.05, 0) is 180 Å². The molecule has 12 rings (SSSR count). The summed E-state index contributed by atoms with van der Waals surface area (Å²) in [6.45, 7) is 36.0. The second-order valence-corrected chi connectivity index (χ2v) is 27.2. The van der Waals surface area contributed by atoms with Crippen molar-refractivity contribution in [1.29, 1.82) is 0 Å². The van der Waals surface area contributed by atoms with Crippen LogP contribution in [0.15, 0.2) is 114 Å². The number of furan rings is 1. The van der Waals surface area contributed by atoms with Gasteiger partial charge in [0.2, 0.25) is 0 Å². The third kappa shape index (κ3) is 6.51. The quantitative estimate of drug-likeness (QED) is 0.165. The molecule has 7 aromatic rings. The van der Waals surface area contributed by atoms with Gasteiger partial charge >= 0.3 is 0 Å². The van der Waals surface area contributed by atoms with E-state index in [9.17, 15) is 0 Å². The Balaban J connectivity index is 1.23. The van der Waals surface area contributed by atoms with Gasteiger partial charge < -0.3 is 14.2 Å². The summed E-state index contributed by atoms with van der Waals surface area (Å²) < 4.78 is 7.70. The van der Waals surface area contributed by atoms with Crippen molar-refractivity contribution in [3.63, 3.8) is 0 Å². The minimum Gasteiger partial charge on any atom is -0.468 e. The molecule has 3 heterocycles. The van der Waals surface area contributed by atoms with E-state index in [1.54, 1.807) is 0 Å². The molecular weight excluding hydrogens is 836 g/mol. The predicted octanol–water partition coefficient (Wildman–Crippen LogP) is 16.1. The molecule has 69 heavy (non-hydrogen) atoms. The average molecular weight is 909 g/mol. The molecule has 352 valence electrons. The predicted molar refractivity (Wildman–Crippen MR) is 296 cm³/mol. The van der Waals surface area contributed by atoms with Crippen molar-refractivity contribution in [2.75, 3.05) is 9.80 Å². The Morgan fingerprint density at radius 3 is 1.71 bits per heavy atom. The summed E-state index contributed by atoms with van der Waals surface area (Å²) in [5.41, 5.74) is 24.8. The maximum atomic E-state index is 7.70. The summed E-state index contributed by atoms with van der Waals surface area (Å²) in [5.74, 6) is 0. The number of fused-ring (bicyclic) bond motifs is 12. The molecular formula is C65H73BN2O. The van der Waals surface area contributed by atoms with E-state index in [2.05, 4.69) is 223 Å². The molecule has 3 nitrogen and oxygen atoms in total. The maximum absolute atomic E-state index is 7.70. The first-order chi connectivity index (χ1) is 32.3. The monoisotopic (exact) mass is 909 g/mol. The normalized spacial score (nSPS) is 21.8. The minimum atomic E-state index is -0.141. The van der Waals surface area contributed by atoms with E-state index >= 15 is 0 Å². The number of rotatable bonds is 3. The minimum absolute atomic E-state index is 0.0225. The van der Waals surface area contributed by atoms with E-state index < -0.39 is 0 Å². The summed E-state index contributed by atoms with van der Waals surface area (Å²) in [4.78, 5) is 5.31. The van der Waals surface area contributed by atoms with Gasteiger partial charge in [-0.25, -0.2) is 0 Å². The highest BCUT2D eigenvalue weighted by atomic mass is 16.3. The fraction of sp³-hybridized carbons (Fsp3) is 0.415. The molecule has 2 atom stereocenters. The molecule has 5 aliphatic rings. The standard InChI is InChI=1S/C65H73BN2O/c1-59(2,3)40-21-25-51(44(31-40)39-19-17-16-18-20-39)68-52-26-22-41(60(4,5)6)32-50(52)66-56-53(33-42(34-54(56)68)61(7,8)9)67(43-23-24-46-47(35-43)63(12,13)28-27-62(46,10)11)57-45-36-48-49(37-55(45)69-58(57)66)65(15)30-29-64(48,14)38-65/h16-26,31-37H,27-30,38H2,1-15H3. The van der Waals surface area contributed by atoms with Gasteiger partial charge in [-0.3, -0.25) is 0 Å². The van der Waals surface area contributed by atoms with Crippen LogP contribution in [-0.4, -0.2) is 6.71 Å². The number of hydrogen-bond acceptors (Lipinski definition) is 3. The lowest BCUT2D eigenvalue weighted by Crippen LogP contribution is -2.61. The molecule has 2 bridgehead atoms. The molecule has 4 heteroatoms. The first-order valence-corrected chi connectivity index (χ1v) is 26.2. The van der Waals surface area contributed by atoms with Crippen molar-refractivity contribution in [2.45, 2.75) is 174 Å². The first kappa shape index (κ1) is 44.7. The smallest absolute Gasteiger partial charge is 0.297 e. The average Bonchev–Trinajstić information content (AvgIpc) is 3.90. The van der Waals surface area contributed by atoms with Crippen LogP contribution < -0.4 is 26.4 Å². The zero-order chi connectivity index (χ0) is 48.7. The number of nitrogens with zero attached hydrogens (tertiary/aromatic N) is 2. The molecule has 2 unspecified atom stereocenters. The van der Waals surface area contributed by atoms with Gasteiger partial charge in [0, 0.05) is 33.7 Å². The van der Waals surface area contributed by atoms with E-state index in [0.29, 0.717) is 0 Å². The lowest BCUT2D eigenvalue weighted by Gasteiger charge is -2.45. The van der Waals surface area contributed by atoms with E-state index in [4.69, 9.17) is 4.42 Å². The van der Waals surface area contributed by atoms with Crippen LogP contribution in [0.3, 0.4) is 0 Å². The number of benzene rings is 6. The summed E-state index contributed by atoms with van der Waals surface area (Å²) in [7, 11) is 0. The van der Waals surface area contributed by atoms with Crippen molar-refractivity contribution < 1.29 is 4.42 Å². The topological polar surface area (TPSA) is 19.6 Å². The van der Waals surface area contributed by atoms with Crippen LogP contribution in [0.25, 0.3) is 22.1 Å². The lowest BCUT2D eigenvalue weighted by molar-refractivity contribution is 0.332. The SMILES string of the molecule is CC(C)(C)c1ccc2c(c1)B1c3oc4cc5c(cc4c3N(c3ccc4c(c3)C(C)(C)CCC4(C)C)c3cc(C(C)(C)C)cc(c31)N2c1ccc(C(C)(C)C)cc1-c1ccccc1)C1(C)CCC5(C)C1. The van der Waals surface area contributed by atoms with Crippen LogP contribution in [0.2, 0.25) is 0 Å². The second kappa shape index (κ2) is 14.1. The van der Waals surface area contributed by atoms with Gasteiger partial charge in [0.25, 0.3) is 6.71 Å². The van der Waals surface area contributed by atoms with Crippen molar-refractivity contribution in [3.05, 3.63) is 148 Å². The fourth-order valence-electron chi connectivity index (χ4n) is 13.8. The van der Waals surface area contributed by atoms with Crippen LogP contribution in [0.1, 0.15) is 175 Å². The van der Waals surface area contributed by atoms with Crippen molar-refractivity contribution in [1.82, 2.24) is 0 Å². The van der Waals surface area contributed by atoms with E-state index in [1.165, 1.54) is 126 Å². The summed E-state index contributed by atoms with van der Waals surface area (Å²) in [6, 6.07) is 43.4. The second-order valence-electron chi connectivity index (χ2n) is 27.2. The fourth-order valence-corrected chi connectivity index (χ4v) is 13.8. The molecule has 1 aromatic heterocycles. The molecule has 6 aromatic carbocycles. The molecule has 0 amide bonds. The summed E-state index contributed by atoms with van der Waals surface area (Å²) in [5, 5.41) is 1.24. The van der Waals surface area contributed by atoms with E-state index in [0.717, 1.165) is 17.7 Å². The molecule has 3 aliphatic carbocycles. The third-order valence-corrected chi connectivity index (χ3v) is 18.1. The van der Waals surface area contributed by atoms with Crippen molar-refractivity contribution in [3.8, 4) is 11.1 Å². The Morgan fingerprint density at radius 1 is 0.493 bits per heavy atom. The molecule has 0 N–H and O–H groups in total. The van der Waals surface area contributed by atoms with E-state index in [-0.39, 0.29) is 44.6 Å². The molecule has 0 saturated heterocycles. The molecule has 2 aliphatic heterocycles. The Kier molecular flexibility index (Phi) is 9.14.